The number of aromatic nitrogens is 1. The topological polar surface area (TPSA) is 46.2 Å². The maximum atomic E-state index is 6.00. The number of hydrogen-bond donors (Lipinski definition) is 2. The van der Waals surface area contributed by atoms with Gasteiger partial charge in [-0.1, -0.05) is 11.6 Å². The quantitative estimate of drug-likeness (QED) is 0.834. The Hall–Kier alpha value is -1.36. The van der Waals surface area contributed by atoms with Gasteiger partial charge in [0.15, 0.2) is 0 Å². The largest absolute Gasteiger partial charge is 0.382 e. The maximum absolute atomic E-state index is 6.00. The van der Waals surface area contributed by atoms with E-state index >= 15 is 0 Å². The van der Waals surface area contributed by atoms with E-state index in [2.05, 4.69) is 15.6 Å². The van der Waals surface area contributed by atoms with E-state index in [1.807, 2.05) is 24.3 Å². The number of hydrogen-bond acceptors (Lipinski definition) is 4. The van der Waals surface area contributed by atoms with E-state index in [4.69, 9.17) is 16.3 Å². The Morgan fingerprint density at radius 3 is 3.00 bits per heavy atom. The van der Waals surface area contributed by atoms with E-state index in [9.17, 15) is 0 Å². The molecule has 0 aliphatic carbocycles. The van der Waals surface area contributed by atoms with Crippen molar-refractivity contribution in [1.29, 1.82) is 0 Å². The minimum Gasteiger partial charge on any atom is -0.382 e. The highest BCUT2D eigenvalue weighted by atomic mass is 35.5. The lowest BCUT2D eigenvalue weighted by Crippen LogP contribution is -2.33. The summed E-state index contributed by atoms with van der Waals surface area (Å²) in [6.45, 7) is 3.65. The average molecular weight is 306 g/mol. The standard InChI is InChI=1S/C16H20ClN3O/c17-12-1-2-14-15(5-8-19-16(14)11-12)20-9-10-21-13-3-6-18-7-4-13/h1-2,5,8,11,13,18H,3-4,6-7,9-10H2,(H,19,20). The number of benzene rings is 1. The molecule has 3 rings (SSSR count). The molecule has 0 radical (unpaired) electrons. The fourth-order valence-electron chi connectivity index (χ4n) is 2.65. The second kappa shape index (κ2) is 7.07. The molecule has 1 fully saturated rings. The van der Waals surface area contributed by atoms with Crippen LogP contribution in [0.4, 0.5) is 5.69 Å². The van der Waals surface area contributed by atoms with Crippen molar-refractivity contribution in [3.05, 3.63) is 35.5 Å². The molecule has 2 N–H and O–H groups in total. The number of ether oxygens (including phenoxy) is 1. The molecule has 112 valence electrons. The number of fused-ring (bicyclic) bond motifs is 1. The van der Waals surface area contributed by atoms with Crippen molar-refractivity contribution in [1.82, 2.24) is 10.3 Å². The lowest BCUT2D eigenvalue weighted by atomic mass is 10.1. The van der Waals surface area contributed by atoms with Gasteiger partial charge >= 0.3 is 0 Å². The first-order chi connectivity index (χ1) is 10.3. The van der Waals surface area contributed by atoms with Gasteiger partial charge in [-0.2, -0.15) is 0 Å². The van der Waals surface area contributed by atoms with Crippen molar-refractivity contribution in [2.75, 3.05) is 31.6 Å². The van der Waals surface area contributed by atoms with E-state index in [0.717, 1.165) is 55.7 Å². The second-order valence-electron chi connectivity index (χ2n) is 5.27. The molecule has 0 unspecified atom stereocenters. The van der Waals surface area contributed by atoms with Gasteiger partial charge in [0.05, 0.1) is 18.2 Å². The molecule has 21 heavy (non-hydrogen) atoms. The summed E-state index contributed by atoms with van der Waals surface area (Å²) in [7, 11) is 0. The van der Waals surface area contributed by atoms with Crippen LogP contribution < -0.4 is 10.6 Å². The van der Waals surface area contributed by atoms with Crippen molar-refractivity contribution < 1.29 is 4.74 Å². The lowest BCUT2D eigenvalue weighted by Gasteiger charge is -2.23. The average Bonchev–Trinajstić information content (AvgIpc) is 2.52. The Morgan fingerprint density at radius 2 is 2.14 bits per heavy atom. The summed E-state index contributed by atoms with van der Waals surface area (Å²) in [5, 5.41) is 8.56. The van der Waals surface area contributed by atoms with Crippen LogP contribution in [0.25, 0.3) is 10.9 Å². The molecular weight excluding hydrogens is 286 g/mol. The van der Waals surface area contributed by atoms with E-state index in [1.165, 1.54) is 0 Å². The van der Waals surface area contributed by atoms with Gasteiger partial charge in [0.2, 0.25) is 0 Å². The summed E-state index contributed by atoms with van der Waals surface area (Å²) in [5.41, 5.74) is 1.98. The predicted octanol–water partition coefficient (Wildman–Crippen LogP) is 3.07. The molecule has 4 nitrogen and oxygen atoms in total. The highest BCUT2D eigenvalue weighted by Gasteiger charge is 2.12. The Kier molecular flexibility index (Phi) is 4.91. The molecule has 0 bridgehead atoms. The molecule has 2 aromatic rings. The van der Waals surface area contributed by atoms with Crippen LogP contribution in [0.5, 0.6) is 0 Å². The van der Waals surface area contributed by atoms with Crippen LogP contribution in [0.1, 0.15) is 12.8 Å². The van der Waals surface area contributed by atoms with Crippen molar-refractivity contribution in [2.24, 2.45) is 0 Å². The van der Waals surface area contributed by atoms with Crippen molar-refractivity contribution >= 4 is 28.2 Å². The number of rotatable bonds is 5. The number of pyridine rings is 1. The summed E-state index contributed by atoms with van der Waals surface area (Å²) in [6.07, 6.45) is 4.42. The van der Waals surface area contributed by atoms with Crippen LogP contribution in [0.15, 0.2) is 30.5 Å². The summed E-state index contributed by atoms with van der Waals surface area (Å²) in [6, 6.07) is 7.76. The Balaban J connectivity index is 1.55. The summed E-state index contributed by atoms with van der Waals surface area (Å²) < 4.78 is 5.90. The molecule has 0 atom stereocenters. The minimum absolute atomic E-state index is 0.404. The number of nitrogens with zero attached hydrogens (tertiary/aromatic N) is 1. The molecule has 1 aromatic heterocycles. The highest BCUT2D eigenvalue weighted by molar-refractivity contribution is 6.31. The highest BCUT2D eigenvalue weighted by Crippen LogP contribution is 2.24. The third kappa shape index (κ3) is 3.84. The van der Waals surface area contributed by atoms with Gasteiger partial charge in [-0.05, 0) is 50.2 Å². The summed E-state index contributed by atoms with van der Waals surface area (Å²) in [5.74, 6) is 0. The zero-order valence-corrected chi connectivity index (χ0v) is 12.7. The van der Waals surface area contributed by atoms with Crippen LogP contribution in [-0.2, 0) is 4.74 Å². The van der Waals surface area contributed by atoms with Gasteiger partial charge in [-0.25, -0.2) is 0 Å². The van der Waals surface area contributed by atoms with Crippen LogP contribution in [0.3, 0.4) is 0 Å². The van der Waals surface area contributed by atoms with Gasteiger partial charge in [-0.15, -0.1) is 0 Å². The van der Waals surface area contributed by atoms with Crippen molar-refractivity contribution in [2.45, 2.75) is 18.9 Å². The third-order valence-electron chi connectivity index (χ3n) is 3.76. The van der Waals surface area contributed by atoms with Crippen molar-refractivity contribution in [3.8, 4) is 0 Å². The Labute approximate surface area is 129 Å². The predicted molar refractivity (Wildman–Crippen MR) is 87.1 cm³/mol. The number of nitrogens with one attached hydrogen (secondary N) is 2. The first-order valence-corrected chi connectivity index (χ1v) is 7.81. The molecular formula is C16H20ClN3O. The van der Waals surface area contributed by atoms with Crippen LogP contribution in [0.2, 0.25) is 5.02 Å². The summed E-state index contributed by atoms with van der Waals surface area (Å²) in [4.78, 5) is 4.34. The van der Waals surface area contributed by atoms with Crippen LogP contribution >= 0.6 is 11.6 Å². The minimum atomic E-state index is 0.404. The lowest BCUT2D eigenvalue weighted by molar-refractivity contribution is 0.0394. The number of piperidine rings is 1. The van der Waals surface area contributed by atoms with E-state index in [-0.39, 0.29) is 0 Å². The molecule has 0 amide bonds. The van der Waals surface area contributed by atoms with Crippen molar-refractivity contribution in [3.63, 3.8) is 0 Å². The molecule has 2 heterocycles. The van der Waals surface area contributed by atoms with E-state index < -0.39 is 0 Å². The van der Waals surface area contributed by atoms with Gasteiger partial charge in [0, 0.05) is 28.8 Å². The SMILES string of the molecule is Clc1ccc2c(NCCOC3CCNCC3)ccnc2c1. The molecule has 1 aliphatic heterocycles. The Morgan fingerprint density at radius 1 is 1.29 bits per heavy atom. The first-order valence-electron chi connectivity index (χ1n) is 7.43. The van der Waals surface area contributed by atoms with Gasteiger partial charge < -0.3 is 15.4 Å². The van der Waals surface area contributed by atoms with E-state index in [0.29, 0.717) is 11.1 Å². The molecule has 1 saturated heterocycles. The molecule has 0 saturated carbocycles. The molecule has 5 heteroatoms. The first kappa shape index (κ1) is 14.6. The smallest absolute Gasteiger partial charge is 0.0737 e. The normalized spacial score (nSPS) is 16.2. The third-order valence-corrected chi connectivity index (χ3v) is 4.00. The Bertz CT molecular complexity index is 599. The molecule has 1 aromatic carbocycles. The number of halogens is 1. The second-order valence-corrected chi connectivity index (χ2v) is 5.70. The number of anilines is 1. The van der Waals surface area contributed by atoms with Gasteiger partial charge in [-0.3, -0.25) is 4.98 Å². The zero-order valence-electron chi connectivity index (χ0n) is 11.9. The van der Waals surface area contributed by atoms with Crippen LogP contribution in [-0.4, -0.2) is 37.3 Å². The zero-order chi connectivity index (χ0) is 14.5. The summed E-state index contributed by atoms with van der Waals surface area (Å²) >= 11 is 6.00. The van der Waals surface area contributed by atoms with Crippen LogP contribution in [0, 0.1) is 0 Å². The molecule has 0 spiro atoms. The van der Waals surface area contributed by atoms with Gasteiger partial charge in [0.25, 0.3) is 0 Å². The monoisotopic (exact) mass is 305 g/mol. The van der Waals surface area contributed by atoms with E-state index in [1.54, 1.807) is 6.20 Å². The fourth-order valence-corrected chi connectivity index (χ4v) is 2.82. The maximum Gasteiger partial charge on any atom is 0.0737 e. The fraction of sp³-hybridized carbons (Fsp3) is 0.438. The molecule has 1 aliphatic rings. The van der Waals surface area contributed by atoms with Gasteiger partial charge in [0.1, 0.15) is 0 Å².